The predicted molar refractivity (Wildman–Crippen MR) is 81.7 cm³/mol. The van der Waals surface area contributed by atoms with Crippen LogP contribution in [0.25, 0.3) is 0 Å². The number of rotatable bonds is 5. The Morgan fingerprint density at radius 3 is 1.64 bits per heavy atom. The first-order chi connectivity index (χ1) is 9.92. The highest BCUT2D eigenvalue weighted by Crippen LogP contribution is 2.37. The van der Waals surface area contributed by atoms with Gasteiger partial charge in [-0.15, -0.1) is 0 Å². The average Bonchev–Trinajstić information content (AvgIpc) is 2.30. The Labute approximate surface area is 131 Å². The van der Waals surface area contributed by atoms with Crippen molar-refractivity contribution in [2.75, 3.05) is 13.2 Å². The minimum absolute atomic E-state index is 0.0239. The van der Waals surface area contributed by atoms with Gasteiger partial charge in [0, 0.05) is 17.6 Å². The van der Waals surface area contributed by atoms with Crippen LogP contribution in [-0.2, 0) is 9.59 Å². The molecule has 0 radical (unpaired) electrons. The maximum Gasteiger partial charge on any atom is 0.303 e. The van der Waals surface area contributed by atoms with E-state index in [-0.39, 0.29) is 36.6 Å². The lowest BCUT2D eigenvalue weighted by molar-refractivity contribution is -0.143. The lowest BCUT2D eigenvalue weighted by Crippen LogP contribution is -2.62. The van der Waals surface area contributed by atoms with Gasteiger partial charge in [-0.1, -0.05) is 0 Å². The minimum atomic E-state index is -1.08. The van der Waals surface area contributed by atoms with Crippen LogP contribution >= 0.6 is 0 Å². The van der Waals surface area contributed by atoms with Gasteiger partial charge in [0.05, 0.1) is 25.6 Å². The van der Waals surface area contributed by atoms with E-state index < -0.39 is 11.9 Å². The molecule has 7 nitrogen and oxygen atoms in total. The fraction of sp³-hybridized carbons (Fsp3) is 0.867. The minimum Gasteiger partial charge on any atom is -0.481 e. The van der Waals surface area contributed by atoms with Crippen molar-refractivity contribution in [1.82, 2.24) is 4.90 Å². The molecule has 0 atom stereocenters. The Bertz CT molecular complexity index is 348. The molecule has 1 aliphatic rings. The summed E-state index contributed by atoms with van der Waals surface area (Å²) in [5, 5.41) is 34.6. The number of carboxylic acid groups (broad SMARTS) is 2. The highest BCUT2D eigenvalue weighted by molar-refractivity contribution is 5.75. The summed E-state index contributed by atoms with van der Waals surface area (Å²) >= 11 is 0. The maximum atomic E-state index is 9.78. The van der Waals surface area contributed by atoms with Crippen molar-refractivity contribution < 1.29 is 30.0 Å². The zero-order valence-corrected chi connectivity index (χ0v) is 13.9. The number of carbonyl (C=O) groups is 2. The topological polar surface area (TPSA) is 118 Å². The second-order valence-electron chi connectivity index (χ2n) is 6.85. The van der Waals surface area contributed by atoms with Crippen LogP contribution in [0.5, 0.6) is 0 Å². The highest BCUT2D eigenvalue weighted by atomic mass is 16.4. The Hall–Kier alpha value is -1.18. The smallest absolute Gasteiger partial charge is 0.303 e. The summed E-state index contributed by atoms with van der Waals surface area (Å²) in [7, 11) is 0. The summed E-state index contributed by atoms with van der Waals surface area (Å²) in [6.07, 6.45) is 0.771. The van der Waals surface area contributed by atoms with Crippen LogP contribution < -0.4 is 0 Å². The van der Waals surface area contributed by atoms with Crippen molar-refractivity contribution in [3.8, 4) is 0 Å². The van der Waals surface area contributed by atoms with Gasteiger partial charge in [-0.2, -0.15) is 0 Å². The van der Waals surface area contributed by atoms with Gasteiger partial charge in [-0.25, -0.2) is 0 Å². The van der Waals surface area contributed by atoms with Gasteiger partial charge in [0.15, 0.2) is 0 Å². The number of aliphatic hydroxyl groups excluding tert-OH is 2. The van der Waals surface area contributed by atoms with E-state index in [2.05, 4.69) is 32.6 Å². The standard InChI is InChI=1S/C11H23NO2.C4H6O4/c1-10(2)7-9(14)8-11(3,4)12(10)5-6-13;5-3(6)1-2-4(7)8/h9,13-14H,5-8H2,1-4H3;1-2H2,(H,5,6)(H,7,8). The fourth-order valence-corrected chi connectivity index (χ4v) is 3.18. The molecule has 1 fully saturated rings. The van der Waals surface area contributed by atoms with E-state index in [1.165, 1.54) is 0 Å². The normalized spacial score (nSPS) is 20.8. The zero-order valence-electron chi connectivity index (χ0n) is 13.9. The van der Waals surface area contributed by atoms with Crippen molar-refractivity contribution in [3.05, 3.63) is 0 Å². The molecule has 1 heterocycles. The molecular formula is C15H29NO6. The van der Waals surface area contributed by atoms with E-state index in [4.69, 9.17) is 15.3 Å². The molecule has 1 saturated heterocycles. The van der Waals surface area contributed by atoms with E-state index in [0.717, 1.165) is 12.8 Å². The van der Waals surface area contributed by atoms with Gasteiger partial charge in [0.2, 0.25) is 0 Å². The SMILES string of the molecule is CC1(C)CC(O)CC(C)(C)N1CCO.O=C(O)CCC(=O)O. The largest absolute Gasteiger partial charge is 0.481 e. The second-order valence-corrected chi connectivity index (χ2v) is 6.85. The highest BCUT2D eigenvalue weighted by Gasteiger charge is 2.44. The lowest BCUT2D eigenvalue weighted by Gasteiger charge is -2.54. The molecule has 1 aliphatic heterocycles. The van der Waals surface area contributed by atoms with Crippen molar-refractivity contribution in [1.29, 1.82) is 0 Å². The lowest BCUT2D eigenvalue weighted by atomic mass is 9.78. The molecule has 0 aromatic carbocycles. The van der Waals surface area contributed by atoms with E-state index in [0.29, 0.717) is 6.54 Å². The summed E-state index contributed by atoms with van der Waals surface area (Å²) in [6, 6.07) is 0. The van der Waals surface area contributed by atoms with Crippen molar-refractivity contribution in [2.24, 2.45) is 0 Å². The number of hydrogen-bond donors (Lipinski definition) is 4. The van der Waals surface area contributed by atoms with Gasteiger partial charge < -0.3 is 20.4 Å². The third kappa shape index (κ3) is 7.20. The predicted octanol–water partition coefficient (Wildman–Crippen LogP) is 0.928. The molecule has 1 rings (SSSR count). The molecule has 130 valence electrons. The third-order valence-corrected chi connectivity index (χ3v) is 3.81. The molecule has 22 heavy (non-hydrogen) atoms. The van der Waals surface area contributed by atoms with Crippen LogP contribution in [0.15, 0.2) is 0 Å². The summed E-state index contributed by atoms with van der Waals surface area (Å²) in [6.45, 7) is 9.40. The first-order valence-corrected chi connectivity index (χ1v) is 7.42. The molecule has 0 aromatic rings. The number of aliphatic carboxylic acids is 2. The van der Waals surface area contributed by atoms with E-state index >= 15 is 0 Å². The van der Waals surface area contributed by atoms with Gasteiger partial charge in [0.25, 0.3) is 0 Å². The number of likely N-dealkylation sites (tertiary alicyclic amines) is 1. The first-order valence-electron chi connectivity index (χ1n) is 7.42. The molecule has 7 heteroatoms. The Morgan fingerprint density at radius 1 is 1.00 bits per heavy atom. The third-order valence-electron chi connectivity index (χ3n) is 3.81. The van der Waals surface area contributed by atoms with Gasteiger partial charge in [-0.05, 0) is 40.5 Å². The Balaban J connectivity index is 0.000000472. The van der Waals surface area contributed by atoms with Crippen LogP contribution in [0.3, 0.4) is 0 Å². The van der Waals surface area contributed by atoms with Gasteiger partial charge >= 0.3 is 11.9 Å². The van der Waals surface area contributed by atoms with Crippen LogP contribution in [-0.4, -0.2) is 67.6 Å². The van der Waals surface area contributed by atoms with Crippen LogP contribution in [0.4, 0.5) is 0 Å². The van der Waals surface area contributed by atoms with Crippen LogP contribution in [0.2, 0.25) is 0 Å². The summed E-state index contributed by atoms with van der Waals surface area (Å²) < 4.78 is 0. The number of nitrogens with zero attached hydrogens (tertiary/aromatic N) is 1. The summed E-state index contributed by atoms with van der Waals surface area (Å²) in [5.41, 5.74) is -0.0478. The maximum absolute atomic E-state index is 9.78. The molecule has 0 aliphatic carbocycles. The molecule has 0 bridgehead atoms. The number of aliphatic hydroxyl groups is 2. The van der Waals surface area contributed by atoms with E-state index in [1.54, 1.807) is 0 Å². The molecule has 0 amide bonds. The Morgan fingerprint density at radius 2 is 1.36 bits per heavy atom. The van der Waals surface area contributed by atoms with Crippen LogP contribution in [0, 0.1) is 0 Å². The molecule has 4 N–H and O–H groups in total. The molecule has 0 aromatic heterocycles. The molecule has 0 unspecified atom stereocenters. The second kappa shape index (κ2) is 8.45. The van der Waals surface area contributed by atoms with Crippen molar-refractivity contribution in [2.45, 2.75) is 70.6 Å². The van der Waals surface area contributed by atoms with Crippen molar-refractivity contribution in [3.63, 3.8) is 0 Å². The Kier molecular flexibility index (Phi) is 8.00. The van der Waals surface area contributed by atoms with Crippen LogP contribution in [0.1, 0.15) is 53.4 Å². The number of carboxylic acids is 2. The van der Waals surface area contributed by atoms with Crippen molar-refractivity contribution >= 4 is 11.9 Å². The first kappa shape index (κ1) is 20.8. The van der Waals surface area contributed by atoms with E-state index in [9.17, 15) is 14.7 Å². The monoisotopic (exact) mass is 319 g/mol. The molecule has 0 spiro atoms. The zero-order chi connectivity index (χ0) is 17.6. The molecule has 0 saturated carbocycles. The quantitative estimate of drug-likeness (QED) is 0.595. The molecular weight excluding hydrogens is 290 g/mol. The van der Waals surface area contributed by atoms with Gasteiger partial charge in [-0.3, -0.25) is 14.5 Å². The summed E-state index contributed by atoms with van der Waals surface area (Å²) in [4.78, 5) is 21.6. The number of piperidine rings is 1. The summed E-state index contributed by atoms with van der Waals surface area (Å²) in [5.74, 6) is -2.15. The number of hydrogen-bond acceptors (Lipinski definition) is 5. The van der Waals surface area contributed by atoms with Gasteiger partial charge in [0.1, 0.15) is 0 Å². The fourth-order valence-electron chi connectivity index (χ4n) is 3.18. The average molecular weight is 319 g/mol. The number of β-amino-alcohol motifs (C(OH)–C–C–N with tert-alkyl or cyclic N) is 1. The van der Waals surface area contributed by atoms with E-state index in [1.807, 2.05) is 0 Å².